The van der Waals surface area contributed by atoms with E-state index in [1.54, 1.807) is 0 Å². The monoisotopic (exact) mass is 314 g/mol. The number of rotatable bonds is 3. The van der Waals surface area contributed by atoms with E-state index in [1.807, 2.05) is 53.1 Å². The first kappa shape index (κ1) is 14.0. The maximum Gasteiger partial charge on any atom is 0.110 e. The van der Waals surface area contributed by atoms with Gasteiger partial charge in [0.05, 0.1) is 11.9 Å². The number of hydrogen-bond donors (Lipinski definition) is 0. The molecular formula is C17H12Cl2N2. The maximum absolute atomic E-state index is 9.09. The van der Waals surface area contributed by atoms with Crippen LogP contribution in [0.3, 0.4) is 0 Å². The molecule has 2 aromatic carbocycles. The van der Waals surface area contributed by atoms with Crippen molar-refractivity contribution < 1.29 is 0 Å². The molecule has 1 aromatic heterocycles. The Bertz CT molecular complexity index is 829. The molecule has 0 radical (unpaired) electrons. The zero-order valence-corrected chi connectivity index (χ0v) is 12.7. The van der Waals surface area contributed by atoms with Crippen LogP contribution in [0.2, 0.25) is 5.02 Å². The Morgan fingerprint density at radius 2 is 1.86 bits per heavy atom. The van der Waals surface area contributed by atoms with Gasteiger partial charge in [-0.15, -0.1) is 11.6 Å². The summed E-state index contributed by atoms with van der Waals surface area (Å²) in [5, 5.41) is 10.8. The molecule has 1 heterocycles. The van der Waals surface area contributed by atoms with Gasteiger partial charge in [0.2, 0.25) is 0 Å². The molecule has 0 unspecified atom stereocenters. The predicted octanol–water partition coefficient (Wildman–Crippen LogP) is 5.22. The van der Waals surface area contributed by atoms with E-state index in [0.29, 0.717) is 10.9 Å². The lowest BCUT2D eigenvalue weighted by atomic mass is 10.0. The summed E-state index contributed by atoms with van der Waals surface area (Å²) in [6, 6.07) is 18.0. The maximum atomic E-state index is 9.09. The Morgan fingerprint density at radius 3 is 2.52 bits per heavy atom. The molecule has 0 bridgehead atoms. The van der Waals surface area contributed by atoms with Gasteiger partial charge in [0.15, 0.2) is 0 Å². The first-order valence-corrected chi connectivity index (χ1v) is 7.46. The molecule has 0 saturated heterocycles. The largest absolute Gasteiger partial charge is 0.329 e. The third-order valence-corrected chi connectivity index (χ3v) is 4.04. The SMILES string of the molecule is N#CCn1c(CCl)c(-c2ccccc2)c2cc(Cl)ccc21. The normalized spacial score (nSPS) is 10.7. The van der Waals surface area contributed by atoms with Gasteiger partial charge in [-0.25, -0.2) is 0 Å². The van der Waals surface area contributed by atoms with Gasteiger partial charge in [-0.05, 0) is 23.8 Å². The van der Waals surface area contributed by atoms with Crippen molar-refractivity contribution in [2.75, 3.05) is 0 Å². The molecule has 0 fully saturated rings. The van der Waals surface area contributed by atoms with E-state index < -0.39 is 0 Å². The summed E-state index contributed by atoms with van der Waals surface area (Å²) < 4.78 is 1.96. The summed E-state index contributed by atoms with van der Waals surface area (Å²) in [5.41, 5.74) is 4.06. The second-order valence-corrected chi connectivity index (χ2v) is 5.43. The molecule has 0 saturated carbocycles. The lowest BCUT2D eigenvalue weighted by Crippen LogP contribution is -2.00. The van der Waals surface area contributed by atoms with E-state index >= 15 is 0 Å². The van der Waals surface area contributed by atoms with E-state index in [1.165, 1.54) is 0 Å². The van der Waals surface area contributed by atoms with Crippen LogP contribution in [-0.4, -0.2) is 4.57 Å². The molecule has 0 atom stereocenters. The fraction of sp³-hybridized carbons (Fsp3) is 0.118. The Hall–Kier alpha value is -1.95. The molecule has 3 rings (SSSR count). The molecule has 0 spiro atoms. The topological polar surface area (TPSA) is 28.7 Å². The van der Waals surface area contributed by atoms with Crippen LogP contribution in [0, 0.1) is 11.3 Å². The van der Waals surface area contributed by atoms with Crippen molar-refractivity contribution in [3.8, 4) is 17.2 Å². The van der Waals surface area contributed by atoms with Crippen molar-refractivity contribution in [3.63, 3.8) is 0 Å². The van der Waals surface area contributed by atoms with Gasteiger partial charge in [-0.2, -0.15) is 5.26 Å². The van der Waals surface area contributed by atoms with Crippen LogP contribution in [-0.2, 0) is 12.4 Å². The molecule has 0 aliphatic rings. The molecule has 21 heavy (non-hydrogen) atoms. The van der Waals surface area contributed by atoms with Crippen molar-refractivity contribution in [2.45, 2.75) is 12.4 Å². The van der Waals surface area contributed by atoms with Gasteiger partial charge in [0, 0.05) is 27.2 Å². The Balaban J connectivity index is 2.41. The lowest BCUT2D eigenvalue weighted by Gasteiger charge is -2.06. The number of aromatic nitrogens is 1. The van der Waals surface area contributed by atoms with Crippen LogP contribution in [0.5, 0.6) is 0 Å². The van der Waals surface area contributed by atoms with Crippen LogP contribution >= 0.6 is 23.2 Å². The Labute approximate surface area is 133 Å². The molecule has 0 amide bonds. The van der Waals surface area contributed by atoms with Crippen molar-refractivity contribution in [1.29, 1.82) is 5.26 Å². The smallest absolute Gasteiger partial charge is 0.110 e. The number of nitrogens with zero attached hydrogens (tertiary/aromatic N) is 2. The third-order valence-electron chi connectivity index (χ3n) is 3.55. The van der Waals surface area contributed by atoms with E-state index in [2.05, 4.69) is 6.07 Å². The van der Waals surface area contributed by atoms with Crippen LogP contribution < -0.4 is 0 Å². The standard InChI is InChI=1S/C17H12Cl2N2/c18-11-16-17(12-4-2-1-3-5-12)14-10-13(19)6-7-15(14)21(16)9-8-20/h1-7,10H,9,11H2. The average molecular weight is 315 g/mol. The molecule has 0 N–H and O–H groups in total. The van der Waals surface area contributed by atoms with Gasteiger partial charge in [0.1, 0.15) is 6.54 Å². The van der Waals surface area contributed by atoms with Crippen LogP contribution in [0.25, 0.3) is 22.0 Å². The highest BCUT2D eigenvalue weighted by Crippen LogP contribution is 2.37. The van der Waals surface area contributed by atoms with Crippen molar-refractivity contribution in [2.24, 2.45) is 0 Å². The Morgan fingerprint density at radius 1 is 1.10 bits per heavy atom. The highest BCUT2D eigenvalue weighted by Gasteiger charge is 2.17. The summed E-state index contributed by atoms with van der Waals surface area (Å²) in [7, 11) is 0. The van der Waals surface area contributed by atoms with Gasteiger partial charge in [0.25, 0.3) is 0 Å². The summed E-state index contributed by atoms with van der Waals surface area (Å²) in [4.78, 5) is 0. The first-order chi connectivity index (χ1) is 10.3. The molecular weight excluding hydrogens is 303 g/mol. The molecule has 4 heteroatoms. The van der Waals surface area contributed by atoms with E-state index in [-0.39, 0.29) is 6.54 Å². The van der Waals surface area contributed by atoms with Crippen LogP contribution in [0.1, 0.15) is 5.69 Å². The summed E-state index contributed by atoms with van der Waals surface area (Å²) in [5.74, 6) is 0.345. The first-order valence-electron chi connectivity index (χ1n) is 6.55. The number of hydrogen-bond acceptors (Lipinski definition) is 1. The van der Waals surface area contributed by atoms with Crippen molar-refractivity contribution in [3.05, 3.63) is 59.2 Å². The molecule has 0 aliphatic heterocycles. The second-order valence-electron chi connectivity index (χ2n) is 4.73. The number of fused-ring (bicyclic) bond motifs is 1. The third kappa shape index (κ3) is 2.40. The molecule has 104 valence electrons. The molecule has 0 aliphatic carbocycles. The van der Waals surface area contributed by atoms with Crippen molar-refractivity contribution >= 4 is 34.1 Å². The number of alkyl halides is 1. The second kappa shape index (κ2) is 5.81. The van der Waals surface area contributed by atoms with E-state index in [9.17, 15) is 0 Å². The highest BCUT2D eigenvalue weighted by molar-refractivity contribution is 6.31. The number of halogens is 2. The number of nitriles is 1. The Kier molecular flexibility index (Phi) is 3.88. The quantitative estimate of drug-likeness (QED) is 0.609. The van der Waals surface area contributed by atoms with Gasteiger partial charge >= 0.3 is 0 Å². The van der Waals surface area contributed by atoms with Gasteiger partial charge in [-0.3, -0.25) is 0 Å². The zero-order valence-electron chi connectivity index (χ0n) is 11.2. The minimum Gasteiger partial charge on any atom is -0.329 e. The van der Waals surface area contributed by atoms with E-state index in [4.69, 9.17) is 28.5 Å². The average Bonchev–Trinajstić information content (AvgIpc) is 2.81. The van der Waals surface area contributed by atoms with Gasteiger partial charge in [-0.1, -0.05) is 41.9 Å². The fourth-order valence-corrected chi connectivity index (χ4v) is 3.15. The minimum atomic E-state index is 0.271. The van der Waals surface area contributed by atoms with Crippen LogP contribution in [0.4, 0.5) is 0 Å². The fourth-order valence-electron chi connectivity index (χ4n) is 2.70. The number of benzene rings is 2. The van der Waals surface area contributed by atoms with Crippen molar-refractivity contribution in [1.82, 2.24) is 4.57 Å². The summed E-state index contributed by atoms with van der Waals surface area (Å²) in [6.07, 6.45) is 0. The summed E-state index contributed by atoms with van der Waals surface area (Å²) >= 11 is 12.3. The van der Waals surface area contributed by atoms with Crippen LogP contribution in [0.15, 0.2) is 48.5 Å². The predicted molar refractivity (Wildman–Crippen MR) is 87.6 cm³/mol. The zero-order chi connectivity index (χ0) is 14.8. The molecule has 2 nitrogen and oxygen atoms in total. The molecule has 3 aromatic rings. The highest BCUT2D eigenvalue weighted by atomic mass is 35.5. The minimum absolute atomic E-state index is 0.271. The lowest BCUT2D eigenvalue weighted by molar-refractivity contribution is 0.832. The summed E-state index contributed by atoms with van der Waals surface area (Å²) in [6.45, 7) is 0.271. The van der Waals surface area contributed by atoms with E-state index in [0.717, 1.165) is 27.7 Å². The van der Waals surface area contributed by atoms with Gasteiger partial charge < -0.3 is 4.57 Å².